The molecule has 0 N–H and O–H groups in total. The van der Waals surface area contributed by atoms with Crippen LogP contribution in [0.25, 0.3) is 0 Å². The van der Waals surface area contributed by atoms with E-state index in [2.05, 4.69) is 24.3 Å². The van der Waals surface area contributed by atoms with Gasteiger partial charge in [0.2, 0.25) is 0 Å². The van der Waals surface area contributed by atoms with E-state index in [0.717, 1.165) is 43.5 Å². The second kappa shape index (κ2) is 9.55. The van der Waals surface area contributed by atoms with Crippen molar-refractivity contribution in [3.05, 3.63) is 107 Å². The molecule has 3 saturated heterocycles. The Balaban J connectivity index is 1.31. The standard InChI is InChI=1S/C28H28F2NO3/c29-24-10-4-8-22(16-24)27(23-9-5-11-25(30)17-23)34-28(32)33-26-19-31(14-12-21(26)13-15-31)18-20-6-2-1-3-7-20/h1-11,16-17,21,26-27H,12-15,18-19H2/q+1. The number of halogens is 2. The summed E-state index contributed by atoms with van der Waals surface area (Å²) in [5, 5.41) is 0. The molecule has 3 aromatic rings. The van der Waals surface area contributed by atoms with Crippen molar-refractivity contribution < 1.29 is 27.5 Å². The van der Waals surface area contributed by atoms with Crippen LogP contribution in [0.4, 0.5) is 13.6 Å². The molecule has 4 nitrogen and oxygen atoms in total. The van der Waals surface area contributed by atoms with Crippen LogP contribution in [0.3, 0.4) is 0 Å². The van der Waals surface area contributed by atoms with Crippen molar-refractivity contribution >= 4 is 6.16 Å². The fraction of sp³-hybridized carbons (Fsp3) is 0.321. The predicted molar refractivity (Wildman–Crippen MR) is 124 cm³/mol. The monoisotopic (exact) mass is 464 g/mol. The van der Waals surface area contributed by atoms with Gasteiger partial charge < -0.3 is 14.0 Å². The van der Waals surface area contributed by atoms with Crippen LogP contribution < -0.4 is 0 Å². The van der Waals surface area contributed by atoms with Gasteiger partial charge in [0.05, 0.1) is 13.1 Å². The van der Waals surface area contributed by atoms with Gasteiger partial charge in [-0.15, -0.1) is 0 Å². The van der Waals surface area contributed by atoms with E-state index in [1.165, 1.54) is 42.0 Å². The minimum atomic E-state index is -0.965. The summed E-state index contributed by atoms with van der Waals surface area (Å²) in [7, 11) is 0. The van der Waals surface area contributed by atoms with Crippen LogP contribution in [-0.4, -0.2) is 36.4 Å². The van der Waals surface area contributed by atoms with Gasteiger partial charge in [-0.3, -0.25) is 0 Å². The third kappa shape index (κ3) is 4.97. The molecular weight excluding hydrogens is 436 g/mol. The number of hydrogen-bond donors (Lipinski definition) is 0. The third-order valence-corrected chi connectivity index (χ3v) is 7.17. The summed E-state index contributed by atoms with van der Waals surface area (Å²) < 4.78 is 40.3. The van der Waals surface area contributed by atoms with Crippen molar-refractivity contribution in [2.75, 3.05) is 19.6 Å². The minimum absolute atomic E-state index is 0.237. The molecule has 176 valence electrons. The fourth-order valence-corrected chi connectivity index (χ4v) is 5.46. The quantitative estimate of drug-likeness (QED) is 0.331. The van der Waals surface area contributed by atoms with Crippen LogP contribution in [0.15, 0.2) is 78.9 Å². The Hall–Kier alpha value is -3.25. The number of benzene rings is 3. The van der Waals surface area contributed by atoms with Gasteiger partial charge in [0.1, 0.15) is 24.7 Å². The van der Waals surface area contributed by atoms with E-state index in [1.54, 1.807) is 12.1 Å². The van der Waals surface area contributed by atoms with Crippen molar-refractivity contribution in [2.45, 2.75) is 31.6 Å². The topological polar surface area (TPSA) is 35.5 Å². The lowest BCUT2D eigenvalue weighted by atomic mass is 9.83. The van der Waals surface area contributed by atoms with Gasteiger partial charge >= 0.3 is 6.16 Å². The lowest BCUT2D eigenvalue weighted by Crippen LogP contribution is -2.63. The van der Waals surface area contributed by atoms with Crippen molar-refractivity contribution in [1.82, 2.24) is 0 Å². The molecule has 3 aromatic carbocycles. The average molecular weight is 465 g/mol. The molecule has 0 saturated carbocycles. The Morgan fingerprint density at radius 2 is 1.50 bits per heavy atom. The SMILES string of the molecule is O=C(OC(c1cccc(F)c1)c1cccc(F)c1)OC1C[N+]2(Cc3ccccc3)CCC1CC2. The number of carbonyl (C=O) groups excluding carboxylic acids is 1. The normalized spacial score (nSPS) is 23.6. The smallest absolute Gasteiger partial charge is 0.425 e. The van der Waals surface area contributed by atoms with Crippen molar-refractivity contribution in [3.63, 3.8) is 0 Å². The molecule has 1 unspecified atom stereocenters. The molecule has 3 aliphatic heterocycles. The Bertz CT molecular complexity index is 1100. The van der Waals surface area contributed by atoms with E-state index in [-0.39, 0.29) is 6.10 Å². The molecule has 1 atom stereocenters. The van der Waals surface area contributed by atoms with Gasteiger partial charge in [0.15, 0.2) is 12.2 Å². The summed E-state index contributed by atoms with van der Waals surface area (Å²) in [6, 6.07) is 22.0. The second-order valence-electron chi connectivity index (χ2n) is 9.47. The Labute approximate surface area is 198 Å². The van der Waals surface area contributed by atoms with Gasteiger partial charge in [-0.25, -0.2) is 13.6 Å². The Morgan fingerprint density at radius 3 is 2.09 bits per heavy atom. The van der Waals surface area contributed by atoms with Crippen LogP contribution in [0, 0.1) is 17.6 Å². The van der Waals surface area contributed by atoms with Crippen molar-refractivity contribution in [1.29, 1.82) is 0 Å². The number of fused-ring (bicyclic) bond motifs is 3. The molecule has 3 fully saturated rings. The Kier molecular flexibility index (Phi) is 6.33. The second-order valence-corrected chi connectivity index (χ2v) is 9.47. The van der Waals surface area contributed by atoms with E-state index >= 15 is 0 Å². The number of nitrogens with zero attached hydrogens (tertiary/aromatic N) is 1. The number of ether oxygens (including phenoxy) is 2. The van der Waals surface area contributed by atoms with E-state index < -0.39 is 23.9 Å². The summed E-state index contributed by atoms with van der Waals surface area (Å²) in [6.45, 7) is 3.81. The summed E-state index contributed by atoms with van der Waals surface area (Å²) in [5.41, 5.74) is 2.12. The number of hydrogen-bond acceptors (Lipinski definition) is 3. The molecule has 0 aliphatic carbocycles. The van der Waals surface area contributed by atoms with E-state index in [0.29, 0.717) is 17.0 Å². The number of quaternary nitrogens is 1. The lowest BCUT2D eigenvalue weighted by molar-refractivity contribution is -0.958. The zero-order valence-electron chi connectivity index (χ0n) is 18.9. The largest absolute Gasteiger partial charge is 0.509 e. The first-order chi connectivity index (χ1) is 16.5. The van der Waals surface area contributed by atoms with E-state index in [4.69, 9.17) is 9.47 Å². The maximum atomic E-state index is 13.9. The van der Waals surface area contributed by atoms with Crippen LogP contribution in [0.2, 0.25) is 0 Å². The highest BCUT2D eigenvalue weighted by Crippen LogP contribution is 2.37. The third-order valence-electron chi connectivity index (χ3n) is 7.17. The van der Waals surface area contributed by atoms with Crippen molar-refractivity contribution in [3.8, 4) is 0 Å². The summed E-state index contributed by atoms with van der Waals surface area (Å²) in [4.78, 5) is 12.9. The van der Waals surface area contributed by atoms with Gasteiger partial charge in [-0.1, -0.05) is 54.6 Å². The van der Waals surface area contributed by atoms with Crippen LogP contribution >= 0.6 is 0 Å². The zero-order chi connectivity index (χ0) is 23.5. The van der Waals surface area contributed by atoms with Crippen molar-refractivity contribution in [2.24, 2.45) is 5.92 Å². The molecule has 6 rings (SSSR count). The predicted octanol–water partition coefficient (Wildman–Crippen LogP) is 6.02. The highest BCUT2D eigenvalue weighted by molar-refractivity contribution is 5.61. The molecule has 2 bridgehead atoms. The number of carbonyl (C=O) groups is 1. The minimum Gasteiger partial charge on any atom is -0.425 e. The summed E-state index contributed by atoms with van der Waals surface area (Å²) >= 11 is 0. The molecule has 0 amide bonds. The first-order valence-electron chi connectivity index (χ1n) is 11.8. The van der Waals surface area contributed by atoms with Crippen LogP contribution in [-0.2, 0) is 16.0 Å². The van der Waals surface area contributed by atoms with E-state index in [9.17, 15) is 13.6 Å². The summed E-state index contributed by atoms with van der Waals surface area (Å²) in [6.07, 6.45) is -0.00810. The van der Waals surface area contributed by atoms with Gasteiger partial charge in [0, 0.05) is 35.4 Å². The average Bonchev–Trinajstić information content (AvgIpc) is 2.83. The molecule has 6 heteroatoms. The molecule has 0 aromatic heterocycles. The molecule has 0 radical (unpaired) electrons. The molecule has 3 heterocycles. The fourth-order valence-electron chi connectivity index (χ4n) is 5.46. The maximum Gasteiger partial charge on any atom is 0.509 e. The zero-order valence-corrected chi connectivity index (χ0v) is 18.9. The highest BCUT2D eigenvalue weighted by Gasteiger charge is 2.48. The molecule has 0 spiro atoms. The first-order valence-corrected chi connectivity index (χ1v) is 11.8. The maximum absolute atomic E-state index is 13.9. The lowest BCUT2D eigenvalue weighted by Gasteiger charge is -2.51. The van der Waals surface area contributed by atoms with E-state index in [1.807, 2.05) is 6.07 Å². The molecule has 3 aliphatic rings. The van der Waals surface area contributed by atoms with Crippen LogP contribution in [0.1, 0.15) is 35.6 Å². The van der Waals surface area contributed by atoms with Gasteiger partial charge in [-0.2, -0.15) is 0 Å². The highest BCUT2D eigenvalue weighted by atomic mass is 19.1. The van der Waals surface area contributed by atoms with Gasteiger partial charge in [0.25, 0.3) is 0 Å². The summed E-state index contributed by atoms with van der Waals surface area (Å²) in [5.74, 6) is -0.605. The molecule has 34 heavy (non-hydrogen) atoms. The number of piperidine rings is 3. The van der Waals surface area contributed by atoms with Crippen LogP contribution in [0.5, 0.6) is 0 Å². The first kappa shape index (κ1) is 22.5. The van der Waals surface area contributed by atoms with Gasteiger partial charge in [-0.05, 0) is 24.3 Å². The number of rotatable bonds is 6. The Morgan fingerprint density at radius 1 is 0.882 bits per heavy atom. The molecular formula is C28H28F2NO3+.